The van der Waals surface area contributed by atoms with E-state index in [1.54, 1.807) is 6.20 Å². The standard InChI is InChI=1S/C16H23N5O/c1-13(2)12-21-15(14-5-3-6-17-11-14)18-19-16(21)20-7-4-9-22-10-8-20/h3,5-6,11,13H,4,7-10,12H2,1-2H3. The molecule has 3 heterocycles. The number of anilines is 1. The first-order valence-corrected chi connectivity index (χ1v) is 7.92. The molecule has 118 valence electrons. The third kappa shape index (κ3) is 3.27. The van der Waals surface area contributed by atoms with Crippen LogP contribution in [0, 0.1) is 5.92 Å². The van der Waals surface area contributed by atoms with Gasteiger partial charge in [0.05, 0.1) is 6.61 Å². The molecule has 1 aliphatic heterocycles. The minimum absolute atomic E-state index is 0.522. The number of aromatic nitrogens is 4. The summed E-state index contributed by atoms with van der Waals surface area (Å²) in [4.78, 5) is 6.48. The minimum atomic E-state index is 0.522. The van der Waals surface area contributed by atoms with Crippen LogP contribution in [-0.4, -0.2) is 46.1 Å². The number of hydrogen-bond donors (Lipinski definition) is 0. The Morgan fingerprint density at radius 2 is 2.14 bits per heavy atom. The van der Waals surface area contributed by atoms with Crippen LogP contribution < -0.4 is 4.90 Å². The number of ether oxygens (including phenoxy) is 1. The first-order chi connectivity index (χ1) is 10.8. The highest BCUT2D eigenvalue weighted by molar-refractivity contribution is 5.56. The molecule has 0 aromatic carbocycles. The largest absolute Gasteiger partial charge is 0.380 e. The summed E-state index contributed by atoms with van der Waals surface area (Å²) in [5.74, 6) is 2.36. The van der Waals surface area contributed by atoms with E-state index >= 15 is 0 Å². The van der Waals surface area contributed by atoms with E-state index < -0.39 is 0 Å². The maximum absolute atomic E-state index is 5.55. The normalized spacial score (nSPS) is 16.0. The lowest BCUT2D eigenvalue weighted by Gasteiger charge is -2.22. The Labute approximate surface area is 131 Å². The summed E-state index contributed by atoms with van der Waals surface area (Å²) in [6.07, 6.45) is 4.65. The van der Waals surface area contributed by atoms with Crippen molar-refractivity contribution in [3.05, 3.63) is 24.5 Å². The number of pyridine rings is 1. The highest BCUT2D eigenvalue weighted by atomic mass is 16.5. The van der Waals surface area contributed by atoms with Gasteiger partial charge < -0.3 is 9.64 Å². The van der Waals surface area contributed by atoms with Crippen LogP contribution in [0.1, 0.15) is 20.3 Å². The van der Waals surface area contributed by atoms with E-state index in [-0.39, 0.29) is 0 Å². The summed E-state index contributed by atoms with van der Waals surface area (Å²) in [6.45, 7) is 8.71. The highest BCUT2D eigenvalue weighted by Crippen LogP contribution is 2.24. The van der Waals surface area contributed by atoms with Crippen molar-refractivity contribution in [3.63, 3.8) is 0 Å². The van der Waals surface area contributed by atoms with Crippen molar-refractivity contribution in [2.45, 2.75) is 26.8 Å². The molecule has 0 aliphatic carbocycles. The van der Waals surface area contributed by atoms with Gasteiger partial charge in [-0.15, -0.1) is 10.2 Å². The lowest BCUT2D eigenvalue weighted by Crippen LogP contribution is -2.29. The van der Waals surface area contributed by atoms with Gasteiger partial charge in [0.25, 0.3) is 0 Å². The molecule has 3 rings (SSSR count). The second kappa shape index (κ2) is 6.87. The van der Waals surface area contributed by atoms with Crippen LogP contribution in [0.3, 0.4) is 0 Å². The van der Waals surface area contributed by atoms with Gasteiger partial charge >= 0.3 is 0 Å². The van der Waals surface area contributed by atoms with Gasteiger partial charge in [-0.2, -0.15) is 0 Å². The number of hydrogen-bond acceptors (Lipinski definition) is 5. The molecule has 0 radical (unpaired) electrons. The van der Waals surface area contributed by atoms with E-state index in [0.717, 1.165) is 56.6 Å². The fourth-order valence-corrected chi connectivity index (χ4v) is 2.72. The molecule has 0 spiro atoms. The molecule has 6 heteroatoms. The van der Waals surface area contributed by atoms with Crippen molar-refractivity contribution in [2.75, 3.05) is 31.2 Å². The molecule has 0 N–H and O–H groups in total. The van der Waals surface area contributed by atoms with E-state index in [2.05, 4.69) is 38.5 Å². The topological polar surface area (TPSA) is 56.1 Å². The second-order valence-electron chi connectivity index (χ2n) is 6.02. The second-order valence-corrected chi connectivity index (χ2v) is 6.02. The molecule has 0 unspecified atom stereocenters. The first kappa shape index (κ1) is 15.0. The summed E-state index contributed by atoms with van der Waals surface area (Å²) in [7, 11) is 0. The van der Waals surface area contributed by atoms with Crippen molar-refractivity contribution >= 4 is 5.95 Å². The zero-order valence-electron chi connectivity index (χ0n) is 13.3. The van der Waals surface area contributed by atoms with E-state index in [1.165, 1.54) is 0 Å². The molecule has 6 nitrogen and oxygen atoms in total. The van der Waals surface area contributed by atoms with Crippen molar-refractivity contribution < 1.29 is 4.74 Å². The number of nitrogens with zero attached hydrogens (tertiary/aromatic N) is 5. The summed E-state index contributed by atoms with van der Waals surface area (Å²) in [5, 5.41) is 8.90. The zero-order valence-corrected chi connectivity index (χ0v) is 13.3. The van der Waals surface area contributed by atoms with Crippen molar-refractivity contribution in [2.24, 2.45) is 5.92 Å². The van der Waals surface area contributed by atoms with Gasteiger partial charge in [-0.25, -0.2) is 0 Å². The molecule has 1 fully saturated rings. The molecule has 1 saturated heterocycles. The van der Waals surface area contributed by atoms with Gasteiger partial charge in [0.15, 0.2) is 5.82 Å². The molecule has 1 aliphatic rings. The van der Waals surface area contributed by atoms with Gasteiger partial charge in [0, 0.05) is 44.2 Å². The van der Waals surface area contributed by atoms with E-state index in [9.17, 15) is 0 Å². The maximum atomic E-state index is 5.55. The Morgan fingerprint density at radius 3 is 2.91 bits per heavy atom. The predicted octanol–water partition coefficient (Wildman–Crippen LogP) is 2.22. The molecule has 0 bridgehead atoms. The van der Waals surface area contributed by atoms with Gasteiger partial charge in [0.2, 0.25) is 5.95 Å². The van der Waals surface area contributed by atoms with E-state index in [4.69, 9.17) is 4.74 Å². The zero-order chi connectivity index (χ0) is 15.4. The fourth-order valence-electron chi connectivity index (χ4n) is 2.72. The molecule has 0 atom stereocenters. The summed E-state index contributed by atoms with van der Waals surface area (Å²) in [5.41, 5.74) is 1.01. The molecular weight excluding hydrogens is 278 g/mol. The molecule has 2 aromatic heterocycles. The molecule has 0 amide bonds. The average molecular weight is 301 g/mol. The summed E-state index contributed by atoms with van der Waals surface area (Å²) in [6, 6.07) is 3.96. The Balaban J connectivity index is 1.97. The molecular formula is C16H23N5O. The minimum Gasteiger partial charge on any atom is -0.380 e. The van der Waals surface area contributed by atoms with Crippen molar-refractivity contribution in [1.82, 2.24) is 19.7 Å². The first-order valence-electron chi connectivity index (χ1n) is 7.92. The van der Waals surface area contributed by atoms with Crippen LogP contribution in [0.2, 0.25) is 0 Å². The van der Waals surface area contributed by atoms with Gasteiger partial charge in [-0.1, -0.05) is 13.8 Å². The Hall–Kier alpha value is -1.95. The summed E-state index contributed by atoms with van der Waals surface area (Å²) < 4.78 is 7.76. The molecule has 0 saturated carbocycles. The third-order valence-corrected chi connectivity index (χ3v) is 3.70. The number of rotatable bonds is 4. The maximum Gasteiger partial charge on any atom is 0.227 e. The SMILES string of the molecule is CC(C)Cn1c(-c2cccnc2)nnc1N1CCCOCC1. The lowest BCUT2D eigenvalue weighted by molar-refractivity contribution is 0.152. The highest BCUT2D eigenvalue weighted by Gasteiger charge is 2.21. The van der Waals surface area contributed by atoms with Crippen LogP contribution in [0.4, 0.5) is 5.95 Å². The molecule has 22 heavy (non-hydrogen) atoms. The Bertz CT molecular complexity index is 588. The smallest absolute Gasteiger partial charge is 0.227 e. The van der Waals surface area contributed by atoms with Crippen LogP contribution in [-0.2, 0) is 11.3 Å². The third-order valence-electron chi connectivity index (χ3n) is 3.70. The molecule has 2 aromatic rings. The quantitative estimate of drug-likeness (QED) is 0.866. The van der Waals surface area contributed by atoms with Crippen LogP contribution in [0.25, 0.3) is 11.4 Å². The Kier molecular flexibility index (Phi) is 4.68. The van der Waals surface area contributed by atoms with Crippen molar-refractivity contribution in [3.8, 4) is 11.4 Å². The van der Waals surface area contributed by atoms with Gasteiger partial charge in [-0.05, 0) is 24.5 Å². The predicted molar refractivity (Wildman–Crippen MR) is 85.7 cm³/mol. The van der Waals surface area contributed by atoms with E-state index in [0.29, 0.717) is 5.92 Å². The van der Waals surface area contributed by atoms with Crippen LogP contribution in [0.15, 0.2) is 24.5 Å². The fraction of sp³-hybridized carbons (Fsp3) is 0.562. The van der Waals surface area contributed by atoms with Crippen LogP contribution >= 0.6 is 0 Å². The van der Waals surface area contributed by atoms with Crippen LogP contribution in [0.5, 0.6) is 0 Å². The van der Waals surface area contributed by atoms with Gasteiger partial charge in [-0.3, -0.25) is 9.55 Å². The monoisotopic (exact) mass is 301 g/mol. The van der Waals surface area contributed by atoms with Gasteiger partial charge in [0.1, 0.15) is 0 Å². The average Bonchev–Trinajstić information content (AvgIpc) is 2.74. The van der Waals surface area contributed by atoms with E-state index in [1.807, 2.05) is 18.3 Å². The lowest BCUT2D eigenvalue weighted by atomic mass is 10.2. The Morgan fingerprint density at radius 1 is 1.23 bits per heavy atom. The van der Waals surface area contributed by atoms with Crippen molar-refractivity contribution in [1.29, 1.82) is 0 Å². The summed E-state index contributed by atoms with van der Waals surface area (Å²) >= 11 is 0.